The van der Waals surface area contributed by atoms with Gasteiger partial charge in [0.1, 0.15) is 0 Å². The number of benzene rings is 2. The Hall–Kier alpha value is -2.72. The number of carbonyl (C=O) groups excluding carboxylic acids is 1. The van der Waals surface area contributed by atoms with Crippen molar-refractivity contribution in [3.63, 3.8) is 0 Å². The minimum absolute atomic E-state index is 0.0152. The molecule has 0 aromatic heterocycles. The van der Waals surface area contributed by atoms with Crippen molar-refractivity contribution in [3.05, 3.63) is 53.1 Å². The summed E-state index contributed by atoms with van der Waals surface area (Å²) >= 11 is -0.840. The fourth-order valence-corrected chi connectivity index (χ4v) is 5.30. The topological polar surface area (TPSA) is 83.8 Å². The molecule has 2 aromatic carbocycles. The van der Waals surface area contributed by atoms with Crippen molar-refractivity contribution >= 4 is 11.7 Å². The molecule has 1 N–H and O–H groups in total. The number of nitriles is 1. The van der Waals surface area contributed by atoms with E-state index in [4.69, 9.17) is 14.3 Å². The number of alkyl halides is 4. The summed E-state index contributed by atoms with van der Waals surface area (Å²) < 4.78 is 50.4. The number of fused-ring (bicyclic) bond motifs is 1. The number of hydroxylamine groups is 1. The van der Waals surface area contributed by atoms with Gasteiger partial charge in [-0.05, 0) is 0 Å². The van der Waals surface area contributed by atoms with Gasteiger partial charge in [-0.15, -0.1) is 0 Å². The number of para-hydroxylation sites is 2. The molecule has 0 bridgehead atoms. The van der Waals surface area contributed by atoms with Crippen molar-refractivity contribution in [1.29, 1.82) is 5.26 Å². The first-order valence-electron chi connectivity index (χ1n) is 11.3. The van der Waals surface area contributed by atoms with Crippen LogP contribution < -0.4 is 36.3 Å². The molecule has 3 rings (SSSR count). The van der Waals surface area contributed by atoms with E-state index in [0.29, 0.717) is 9.99 Å². The van der Waals surface area contributed by atoms with Gasteiger partial charge in [0.2, 0.25) is 0 Å². The van der Waals surface area contributed by atoms with Crippen molar-refractivity contribution in [2.45, 2.75) is 37.8 Å². The second kappa shape index (κ2) is 12.0. The molecule has 0 fully saturated rings. The molecule has 0 radical (unpaired) electrons. The van der Waals surface area contributed by atoms with E-state index in [-0.39, 0.29) is 24.7 Å². The molecule has 1 heterocycles. The number of hydrogen-bond acceptors (Lipinski definition) is 7. The van der Waals surface area contributed by atoms with Crippen molar-refractivity contribution < 1.29 is 53.8 Å². The van der Waals surface area contributed by atoms with Crippen LogP contribution >= 0.6 is 0 Å². The molecule has 196 valence electrons. The van der Waals surface area contributed by atoms with Gasteiger partial charge in [0, 0.05) is 0 Å². The summed E-state index contributed by atoms with van der Waals surface area (Å²) in [6.07, 6.45) is -3.61. The van der Waals surface area contributed by atoms with Gasteiger partial charge < -0.3 is 0 Å². The van der Waals surface area contributed by atoms with Crippen LogP contribution in [0.15, 0.2) is 36.4 Å². The van der Waals surface area contributed by atoms with E-state index < -0.39 is 45.6 Å². The molecule has 11 heteroatoms. The summed E-state index contributed by atoms with van der Waals surface area (Å²) in [6, 6.07) is 12.3. The minimum atomic E-state index is -4.46. The zero-order valence-corrected chi connectivity index (χ0v) is 22.4. The van der Waals surface area contributed by atoms with E-state index in [1.54, 1.807) is 36.2 Å². The van der Waals surface area contributed by atoms with Crippen LogP contribution in [0.3, 0.4) is 0 Å². The van der Waals surface area contributed by atoms with E-state index in [1.165, 1.54) is 12.1 Å². The number of halogens is 4. The summed E-state index contributed by atoms with van der Waals surface area (Å²) in [7, 11) is 0. The predicted octanol–water partition coefficient (Wildman–Crippen LogP) is 1.86. The number of hydrogen-bond donors (Lipinski definition) is 1. The van der Waals surface area contributed by atoms with Gasteiger partial charge in [-0.2, -0.15) is 0 Å². The van der Waals surface area contributed by atoms with Gasteiger partial charge in [-0.25, -0.2) is 0 Å². The Morgan fingerprint density at radius 2 is 1.86 bits per heavy atom. The molecule has 0 aliphatic carbocycles. The summed E-state index contributed by atoms with van der Waals surface area (Å²) in [4.78, 5) is 18.2. The Balaban J connectivity index is 1.65. The third kappa shape index (κ3) is 8.16. The van der Waals surface area contributed by atoms with Crippen LogP contribution in [0.5, 0.6) is 11.5 Å². The number of ether oxygens (including phenoxy) is 2. The number of anilines is 1. The van der Waals surface area contributed by atoms with Gasteiger partial charge in [0.15, 0.2) is 0 Å². The molecular weight excluding hydrogens is 590 g/mol. The number of carbonyl (C=O) groups is 1. The van der Waals surface area contributed by atoms with Crippen LogP contribution in [-0.4, -0.2) is 41.7 Å². The third-order valence-electron chi connectivity index (χ3n) is 5.00. The van der Waals surface area contributed by atoms with E-state index in [1.807, 2.05) is 6.07 Å². The maximum absolute atomic E-state index is 12.6. The van der Waals surface area contributed by atoms with Crippen LogP contribution in [0.25, 0.3) is 0 Å². The van der Waals surface area contributed by atoms with Crippen molar-refractivity contribution in [3.8, 4) is 17.6 Å². The summed E-state index contributed by atoms with van der Waals surface area (Å²) in [5, 5.41) is 12.7. The Morgan fingerprint density at radius 1 is 1.17 bits per heavy atom. The molecule has 2 aromatic rings. The molecule has 1 aliphatic rings. The Morgan fingerprint density at radius 3 is 2.50 bits per heavy atom. The molecular formula is C25H28F3IN3O4-. The van der Waals surface area contributed by atoms with Gasteiger partial charge in [0.25, 0.3) is 0 Å². The van der Waals surface area contributed by atoms with Crippen molar-refractivity contribution in [2.75, 3.05) is 31.6 Å². The maximum atomic E-state index is 12.6. The Kier molecular flexibility index (Phi) is 9.30. The summed E-state index contributed by atoms with van der Waals surface area (Å²) in [5.41, 5.74) is 2.86. The normalized spacial score (nSPS) is 13.2. The first-order valence-corrected chi connectivity index (χ1v) is 13.8. The average molecular weight is 618 g/mol. The molecule has 0 atom stereocenters. The van der Waals surface area contributed by atoms with Crippen molar-refractivity contribution in [1.82, 2.24) is 3.28 Å². The summed E-state index contributed by atoms with van der Waals surface area (Å²) in [5.74, 6) is -0.239. The van der Waals surface area contributed by atoms with Crippen LogP contribution in [0.4, 0.5) is 18.9 Å². The van der Waals surface area contributed by atoms with Gasteiger partial charge >= 0.3 is 219 Å². The van der Waals surface area contributed by atoms with Crippen LogP contribution in [-0.2, 0) is 20.5 Å². The molecule has 1 aliphatic heterocycles. The second-order valence-corrected chi connectivity index (χ2v) is 11.6. The predicted molar refractivity (Wildman–Crippen MR) is 123 cm³/mol. The van der Waals surface area contributed by atoms with Crippen LogP contribution in [0.1, 0.15) is 37.5 Å². The number of rotatable bonds is 10. The SMILES string of the molecule is CC(C)(C)C(=O)ON(CCOc1ccccc1OCC(F)(F)F)[I-]Cc1cc(C#N)c2c(c1)CCN2. The number of nitrogens with one attached hydrogen (secondary N) is 1. The standard InChI is InChI=1S/C25H28F3IN3O4/c1-24(2,3)23(33)36-32(29-14-17-12-18-8-9-31-22(18)19(13-17)15-30)10-11-34-20-6-4-5-7-21(20)35-16-25(26,27)28/h4-7,12-13,31H,8-11,14,16H2,1-3H3/q-1. The van der Waals surface area contributed by atoms with E-state index >= 15 is 0 Å². The molecule has 0 saturated carbocycles. The molecule has 0 saturated heterocycles. The number of nitrogens with zero attached hydrogens (tertiary/aromatic N) is 2. The van der Waals surface area contributed by atoms with Gasteiger partial charge in [-0.3, -0.25) is 0 Å². The monoisotopic (exact) mass is 618 g/mol. The molecule has 0 spiro atoms. The van der Waals surface area contributed by atoms with Crippen molar-refractivity contribution in [2.24, 2.45) is 5.41 Å². The fourth-order valence-electron chi connectivity index (χ4n) is 3.23. The van der Waals surface area contributed by atoms with E-state index in [9.17, 15) is 23.2 Å². The zero-order chi connectivity index (χ0) is 26.3. The van der Waals surface area contributed by atoms with Gasteiger partial charge in [0.05, 0.1) is 0 Å². The summed E-state index contributed by atoms with van der Waals surface area (Å²) in [6.45, 7) is 4.93. The van der Waals surface area contributed by atoms with Gasteiger partial charge in [-0.1, -0.05) is 0 Å². The van der Waals surface area contributed by atoms with E-state index in [0.717, 1.165) is 29.8 Å². The second-order valence-electron chi connectivity index (χ2n) is 9.09. The van der Waals surface area contributed by atoms with Crippen LogP contribution in [0.2, 0.25) is 0 Å². The quantitative estimate of drug-likeness (QED) is 0.189. The first kappa shape index (κ1) is 27.9. The molecule has 36 heavy (non-hydrogen) atoms. The molecule has 0 unspecified atom stereocenters. The average Bonchev–Trinajstić information content (AvgIpc) is 3.28. The zero-order valence-electron chi connectivity index (χ0n) is 20.2. The Labute approximate surface area is 219 Å². The first-order chi connectivity index (χ1) is 17.0. The fraction of sp³-hybridized carbons (Fsp3) is 0.440. The molecule has 0 amide bonds. The van der Waals surface area contributed by atoms with Crippen LogP contribution in [0, 0.1) is 16.7 Å². The molecule has 7 nitrogen and oxygen atoms in total. The Bertz CT molecular complexity index is 1110. The third-order valence-corrected chi connectivity index (χ3v) is 7.67. The van der Waals surface area contributed by atoms with E-state index in [2.05, 4.69) is 17.5 Å².